The summed E-state index contributed by atoms with van der Waals surface area (Å²) < 4.78 is 15.5. The zero-order valence-electron chi connectivity index (χ0n) is 8.45. The van der Waals surface area contributed by atoms with Gasteiger partial charge >= 0.3 is 7.82 Å². The molecule has 15 heavy (non-hydrogen) atoms. The lowest BCUT2D eigenvalue weighted by atomic mass is 10.3. The van der Waals surface area contributed by atoms with Crippen LogP contribution < -0.4 is 5.73 Å². The van der Waals surface area contributed by atoms with Gasteiger partial charge in [0.1, 0.15) is 0 Å². The molecule has 86 valence electrons. The fraction of sp³-hybridized carbons (Fsp3) is 0.250. The molecule has 0 aliphatic rings. The van der Waals surface area contributed by atoms with E-state index in [4.69, 9.17) is 19.5 Å². The molecule has 0 saturated carbocycles. The van der Waals surface area contributed by atoms with Crippen molar-refractivity contribution >= 4 is 23.8 Å². The van der Waals surface area contributed by atoms with E-state index in [1.54, 1.807) is 36.8 Å². The highest BCUT2D eigenvalue weighted by Crippen LogP contribution is 2.62. The molecule has 0 heterocycles. The van der Waals surface area contributed by atoms with Gasteiger partial charge in [0, 0.05) is 10.6 Å². The maximum atomic E-state index is 10.8. The van der Waals surface area contributed by atoms with E-state index in [0.717, 1.165) is 0 Å². The van der Waals surface area contributed by atoms with Gasteiger partial charge in [0.25, 0.3) is 0 Å². The number of hydrogen-bond acceptors (Lipinski definition) is 3. The second-order valence-corrected chi connectivity index (χ2v) is 7.82. The summed E-state index contributed by atoms with van der Waals surface area (Å²) in [6.45, 7) is 0. The van der Waals surface area contributed by atoms with Crippen molar-refractivity contribution in [1.82, 2.24) is 0 Å². The van der Waals surface area contributed by atoms with Crippen molar-refractivity contribution in [3.05, 3.63) is 24.3 Å². The molecule has 1 aromatic rings. The first-order valence-corrected chi connectivity index (χ1v) is 7.97. The summed E-state index contributed by atoms with van der Waals surface area (Å²) >= 11 is 0. The Kier molecular flexibility index (Phi) is 3.48. The smallest absolute Gasteiger partial charge is 0.398 e. The zero-order chi connectivity index (χ0) is 11.7. The van der Waals surface area contributed by atoms with Crippen molar-refractivity contribution in [2.75, 3.05) is 18.2 Å². The monoisotopic (exact) mass is 251 g/mol. The lowest BCUT2D eigenvalue weighted by Crippen LogP contribution is -2.03. The topological polar surface area (TPSA) is 92.8 Å². The van der Waals surface area contributed by atoms with Crippen LogP contribution in [-0.2, 0) is 8.54 Å². The van der Waals surface area contributed by atoms with Gasteiger partial charge in [-0.15, -0.1) is 10.3 Å². The summed E-state index contributed by atoms with van der Waals surface area (Å²) in [5.41, 5.74) is 6.19. The molecule has 1 rings (SSSR count). The summed E-state index contributed by atoms with van der Waals surface area (Å²) in [6, 6.07) is 6.89. The molecule has 0 aromatic heterocycles. The van der Waals surface area contributed by atoms with Gasteiger partial charge in [-0.05, 0) is 24.6 Å². The SMILES string of the molecule is CS(C)(OP(=O)(O)O)c1ccccc1N. The van der Waals surface area contributed by atoms with Gasteiger partial charge < -0.3 is 15.5 Å². The summed E-state index contributed by atoms with van der Waals surface area (Å²) in [7, 11) is -6.53. The number of benzene rings is 1. The van der Waals surface area contributed by atoms with Crippen molar-refractivity contribution < 1.29 is 18.3 Å². The average Bonchev–Trinajstić information content (AvgIpc) is 1.99. The van der Waals surface area contributed by atoms with E-state index in [1.807, 2.05) is 0 Å². The third kappa shape index (κ3) is 3.52. The molecule has 0 spiro atoms. The van der Waals surface area contributed by atoms with Crippen LogP contribution >= 0.6 is 18.1 Å². The third-order valence-corrected chi connectivity index (χ3v) is 5.43. The van der Waals surface area contributed by atoms with Gasteiger partial charge in [-0.1, -0.05) is 12.1 Å². The fourth-order valence-corrected chi connectivity index (χ4v) is 4.52. The van der Waals surface area contributed by atoms with Crippen LogP contribution in [0.1, 0.15) is 0 Å². The average molecular weight is 251 g/mol. The molecule has 1 aromatic carbocycles. The predicted molar refractivity (Wildman–Crippen MR) is 61.7 cm³/mol. The van der Waals surface area contributed by atoms with Crippen LogP contribution in [0.5, 0.6) is 0 Å². The Morgan fingerprint density at radius 1 is 1.33 bits per heavy atom. The van der Waals surface area contributed by atoms with E-state index >= 15 is 0 Å². The second kappa shape index (κ2) is 4.15. The maximum Gasteiger partial charge on any atom is 0.479 e. The van der Waals surface area contributed by atoms with Crippen molar-refractivity contribution in [1.29, 1.82) is 0 Å². The van der Waals surface area contributed by atoms with E-state index in [2.05, 4.69) is 0 Å². The molecule has 0 saturated heterocycles. The number of para-hydroxylation sites is 1. The minimum atomic E-state index is -4.49. The number of phosphoric acid groups is 1. The molecule has 0 aliphatic carbocycles. The van der Waals surface area contributed by atoms with Gasteiger partial charge in [0.15, 0.2) is 0 Å². The molecule has 0 fully saturated rings. The maximum absolute atomic E-state index is 10.8. The highest BCUT2D eigenvalue weighted by atomic mass is 32.3. The Hall–Kier alpha value is -0.520. The van der Waals surface area contributed by atoms with Crippen LogP contribution in [-0.4, -0.2) is 22.3 Å². The standard InChI is InChI=1S/C8H14NO4PS/c1-15(2,13-14(10,11)12)8-6-4-3-5-7(8)9/h3-6H,9H2,1-2H3,(H2,10,11,12). The summed E-state index contributed by atoms with van der Waals surface area (Å²) in [5, 5.41) is 0. The minimum absolute atomic E-state index is 0.478. The minimum Gasteiger partial charge on any atom is -0.398 e. The van der Waals surface area contributed by atoms with Crippen molar-refractivity contribution in [2.24, 2.45) is 0 Å². The Labute approximate surface area is 90.0 Å². The first-order chi connectivity index (χ1) is 6.72. The van der Waals surface area contributed by atoms with Crippen LogP contribution in [0.4, 0.5) is 5.69 Å². The van der Waals surface area contributed by atoms with Gasteiger partial charge in [-0.3, -0.25) is 0 Å². The van der Waals surface area contributed by atoms with Gasteiger partial charge in [0.05, 0.1) is 0 Å². The van der Waals surface area contributed by atoms with Crippen molar-refractivity contribution in [3.8, 4) is 0 Å². The lowest BCUT2D eigenvalue weighted by molar-refractivity contribution is 0.295. The number of nitrogens with two attached hydrogens (primary N) is 1. The Morgan fingerprint density at radius 2 is 1.87 bits per heavy atom. The number of anilines is 1. The van der Waals surface area contributed by atoms with Crippen molar-refractivity contribution in [3.63, 3.8) is 0 Å². The molecule has 4 N–H and O–H groups in total. The molecule has 5 nitrogen and oxygen atoms in total. The number of hydrogen-bond donors (Lipinski definition) is 3. The second-order valence-electron chi connectivity index (χ2n) is 3.34. The van der Waals surface area contributed by atoms with Gasteiger partial charge in [-0.25, -0.2) is 8.54 Å². The Morgan fingerprint density at radius 3 is 2.33 bits per heavy atom. The molecule has 7 heteroatoms. The summed E-state index contributed by atoms with van der Waals surface area (Å²) in [6.07, 6.45) is 3.27. The largest absolute Gasteiger partial charge is 0.479 e. The Balaban J connectivity index is 3.06. The van der Waals surface area contributed by atoms with Crippen LogP contribution in [0.25, 0.3) is 0 Å². The molecule has 0 unspecified atom stereocenters. The van der Waals surface area contributed by atoms with E-state index in [0.29, 0.717) is 10.6 Å². The highest BCUT2D eigenvalue weighted by Gasteiger charge is 2.27. The van der Waals surface area contributed by atoms with Crippen LogP contribution in [0.3, 0.4) is 0 Å². The highest BCUT2D eigenvalue weighted by molar-refractivity contribution is 8.30. The zero-order valence-corrected chi connectivity index (χ0v) is 10.2. The fourth-order valence-electron chi connectivity index (χ4n) is 1.21. The first kappa shape index (κ1) is 12.5. The van der Waals surface area contributed by atoms with E-state index in [-0.39, 0.29) is 0 Å². The molecule has 0 aliphatic heterocycles. The summed E-state index contributed by atoms with van der Waals surface area (Å²) in [5.74, 6) is 0. The van der Waals surface area contributed by atoms with E-state index in [9.17, 15) is 4.57 Å². The predicted octanol–water partition coefficient (Wildman–Crippen LogP) is 1.72. The van der Waals surface area contributed by atoms with Crippen LogP contribution in [0.15, 0.2) is 29.2 Å². The van der Waals surface area contributed by atoms with E-state index < -0.39 is 18.1 Å². The molecule has 0 atom stereocenters. The van der Waals surface area contributed by atoms with Gasteiger partial charge in [0.2, 0.25) is 0 Å². The van der Waals surface area contributed by atoms with Crippen LogP contribution in [0.2, 0.25) is 0 Å². The molecule has 0 bridgehead atoms. The molecular formula is C8H14NO4PS. The van der Waals surface area contributed by atoms with Crippen LogP contribution in [0, 0.1) is 0 Å². The van der Waals surface area contributed by atoms with E-state index in [1.165, 1.54) is 0 Å². The van der Waals surface area contributed by atoms with Crippen molar-refractivity contribution in [2.45, 2.75) is 4.90 Å². The lowest BCUT2D eigenvalue weighted by Gasteiger charge is -2.31. The normalized spacial score (nSPS) is 13.9. The Bertz CT molecular complexity index is 403. The molecule has 0 amide bonds. The third-order valence-electron chi connectivity index (χ3n) is 1.73. The quantitative estimate of drug-likeness (QED) is 0.561. The molecule has 0 radical (unpaired) electrons. The first-order valence-electron chi connectivity index (χ1n) is 4.07. The summed E-state index contributed by atoms with van der Waals surface area (Å²) in [4.78, 5) is 18.2. The van der Waals surface area contributed by atoms with Gasteiger partial charge in [-0.2, -0.15) is 0 Å². The molecular weight excluding hydrogens is 237 g/mol. The number of rotatable bonds is 3. The number of nitrogen functional groups attached to an aromatic ring is 1.